The number of sulfonamides is 1. The Morgan fingerprint density at radius 1 is 1.15 bits per heavy atom. The zero-order chi connectivity index (χ0) is 19.6. The van der Waals surface area contributed by atoms with Crippen molar-refractivity contribution >= 4 is 32.4 Å². The van der Waals surface area contributed by atoms with Crippen LogP contribution in [-0.4, -0.2) is 19.3 Å². The fraction of sp³-hybridized carbons (Fsp3) is 0.111. The van der Waals surface area contributed by atoms with Crippen molar-refractivity contribution in [2.24, 2.45) is 5.73 Å². The average molecular weight is 405 g/mol. The molecule has 9 heteroatoms. The molecule has 1 heterocycles. The van der Waals surface area contributed by atoms with Gasteiger partial charge in [-0.3, -0.25) is 4.79 Å². The molecule has 140 valence electrons. The smallest absolute Gasteiger partial charge is 0.266 e. The van der Waals surface area contributed by atoms with Crippen molar-refractivity contribution in [2.45, 2.75) is 17.9 Å². The first-order chi connectivity index (χ1) is 12.8. The molecule has 0 spiro atoms. The van der Waals surface area contributed by atoms with Crippen molar-refractivity contribution in [2.75, 3.05) is 4.31 Å². The number of aromatic nitrogens is 1. The fourth-order valence-electron chi connectivity index (χ4n) is 2.58. The quantitative estimate of drug-likeness (QED) is 0.681. The maximum Gasteiger partial charge on any atom is 0.266 e. The third-order valence-electron chi connectivity index (χ3n) is 4.01. The molecule has 27 heavy (non-hydrogen) atoms. The summed E-state index contributed by atoms with van der Waals surface area (Å²) in [5.74, 6) is -1.05. The molecule has 1 atom stereocenters. The molecule has 2 aromatic carbocycles. The third-order valence-corrected chi connectivity index (χ3v) is 6.77. The van der Waals surface area contributed by atoms with Crippen LogP contribution in [0.25, 0.3) is 0 Å². The fourth-order valence-corrected chi connectivity index (χ4v) is 5.13. The van der Waals surface area contributed by atoms with Gasteiger partial charge in [-0.15, -0.1) is 11.3 Å². The van der Waals surface area contributed by atoms with Crippen molar-refractivity contribution in [1.29, 1.82) is 0 Å². The maximum absolute atomic E-state index is 13.3. The Kier molecular flexibility index (Phi) is 5.24. The van der Waals surface area contributed by atoms with Gasteiger partial charge in [0.25, 0.3) is 10.0 Å². The second kappa shape index (κ2) is 7.45. The molecule has 0 bridgehead atoms. The average Bonchev–Trinajstić information content (AvgIpc) is 3.16. The van der Waals surface area contributed by atoms with Crippen LogP contribution in [0.4, 0.5) is 9.52 Å². The largest absolute Gasteiger partial charge is 0.366 e. The van der Waals surface area contributed by atoms with Crippen LogP contribution in [0.15, 0.2) is 65.0 Å². The number of amides is 1. The Morgan fingerprint density at radius 3 is 2.30 bits per heavy atom. The highest BCUT2D eigenvalue weighted by molar-refractivity contribution is 7.93. The lowest BCUT2D eigenvalue weighted by atomic mass is 10.1. The van der Waals surface area contributed by atoms with E-state index in [1.807, 2.05) is 0 Å². The topological polar surface area (TPSA) is 93.4 Å². The minimum absolute atomic E-state index is 0.00309. The standard InChI is InChI=1S/C18H16FN3O3S2/c1-12(13-2-6-15(19)7-3-13)22(18-21-10-11-26-18)27(24,25)16-8-4-14(5-9-16)17(20)23/h2-12H,1H3,(H2,20,23). The second-order valence-electron chi connectivity index (χ2n) is 5.73. The van der Waals surface area contributed by atoms with Gasteiger partial charge in [-0.05, 0) is 48.9 Å². The Bertz CT molecular complexity index is 1030. The van der Waals surface area contributed by atoms with Gasteiger partial charge in [0.15, 0.2) is 5.13 Å². The summed E-state index contributed by atoms with van der Waals surface area (Å²) in [6.45, 7) is 1.70. The number of primary amides is 1. The number of anilines is 1. The zero-order valence-corrected chi connectivity index (χ0v) is 15.9. The normalized spacial score (nSPS) is 12.5. The Hall–Kier alpha value is -2.78. The molecule has 0 saturated heterocycles. The molecule has 0 aliphatic carbocycles. The van der Waals surface area contributed by atoms with Gasteiger partial charge in [-0.1, -0.05) is 12.1 Å². The van der Waals surface area contributed by atoms with Gasteiger partial charge in [-0.2, -0.15) is 0 Å². The number of hydrogen-bond acceptors (Lipinski definition) is 5. The van der Waals surface area contributed by atoms with E-state index in [9.17, 15) is 17.6 Å². The molecule has 6 nitrogen and oxygen atoms in total. The summed E-state index contributed by atoms with van der Waals surface area (Å²) >= 11 is 1.17. The Balaban J connectivity index is 2.07. The lowest BCUT2D eigenvalue weighted by Crippen LogP contribution is -2.33. The van der Waals surface area contributed by atoms with Crippen molar-refractivity contribution in [3.05, 3.63) is 77.1 Å². The summed E-state index contributed by atoms with van der Waals surface area (Å²) in [5, 5.41) is 1.96. The number of benzene rings is 2. The highest BCUT2D eigenvalue weighted by Crippen LogP contribution is 2.34. The van der Waals surface area contributed by atoms with Crippen LogP contribution in [0.2, 0.25) is 0 Å². The number of hydrogen-bond donors (Lipinski definition) is 1. The summed E-state index contributed by atoms with van der Waals surface area (Å²) in [6, 6.07) is 10.4. The van der Waals surface area contributed by atoms with Gasteiger partial charge < -0.3 is 5.73 Å². The van der Waals surface area contributed by atoms with E-state index >= 15 is 0 Å². The number of nitrogens with two attached hydrogens (primary N) is 1. The summed E-state index contributed by atoms with van der Waals surface area (Å²) in [7, 11) is -3.99. The molecule has 1 aromatic heterocycles. The van der Waals surface area contributed by atoms with E-state index in [2.05, 4.69) is 4.98 Å². The van der Waals surface area contributed by atoms with Gasteiger partial charge in [0, 0.05) is 17.1 Å². The molecule has 1 amide bonds. The lowest BCUT2D eigenvalue weighted by molar-refractivity contribution is 0.1000. The summed E-state index contributed by atoms with van der Waals surface area (Å²) in [5.41, 5.74) is 6.03. The Labute approximate surface area is 160 Å². The van der Waals surface area contributed by atoms with E-state index in [4.69, 9.17) is 5.73 Å². The summed E-state index contributed by atoms with van der Waals surface area (Å²) in [4.78, 5) is 15.4. The molecule has 0 radical (unpaired) electrons. The van der Waals surface area contributed by atoms with E-state index in [0.29, 0.717) is 5.56 Å². The molecule has 0 aliphatic heterocycles. The number of nitrogens with zero attached hydrogens (tertiary/aromatic N) is 2. The number of rotatable bonds is 6. The summed E-state index contributed by atoms with van der Waals surface area (Å²) < 4.78 is 41.0. The van der Waals surface area contributed by atoms with Gasteiger partial charge in [-0.25, -0.2) is 22.1 Å². The minimum atomic E-state index is -3.99. The molecule has 0 saturated carbocycles. The minimum Gasteiger partial charge on any atom is -0.366 e. The Morgan fingerprint density at radius 2 is 1.78 bits per heavy atom. The highest BCUT2D eigenvalue weighted by atomic mass is 32.2. The zero-order valence-electron chi connectivity index (χ0n) is 14.2. The number of thiazole rings is 1. The van der Waals surface area contributed by atoms with Crippen LogP contribution in [0.3, 0.4) is 0 Å². The van der Waals surface area contributed by atoms with Gasteiger partial charge in [0.05, 0.1) is 10.9 Å². The summed E-state index contributed by atoms with van der Waals surface area (Å²) in [6.07, 6.45) is 1.51. The van der Waals surface area contributed by atoms with Crippen molar-refractivity contribution in [1.82, 2.24) is 4.98 Å². The third kappa shape index (κ3) is 3.83. The van der Waals surface area contributed by atoms with E-state index in [1.165, 1.54) is 70.4 Å². The van der Waals surface area contributed by atoms with Gasteiger partial charge in [0.2, 0.25) is 5.91 Å². The maximum atomic E-state index is 13.3. The molecule has 1 unspecified atom stereocenters. The van der Waals surface area contributed by atoms with Gasteiger partial charge in [0.1, 0.15) is 5.82 Å². The van der Waals surface area contributed by atoms with Crippen LogP contribution in [-0.2, 0) is 10.0 Å². The van der Waals surface area contributed by atoms with E-state index in [1.54, 1.807) is 12.3 Å². The van der Waals surface area contributed by atoms with Crippen LogP contribution in [0.5, 0.6) is 0 Å². The van der Waals surface area contributed by atoms with Crippen molar-refractivity contribution in [3.63, 3.8) is 0 Å². The van der Waals surface area contributed by atoms with E-state index in [0.717, 1.165) is 0 Å². The van der Waals surface area contributed by atoms with Crippen molar-refractivity contribution in [3.8, 4) is 0 Å². The number of carbonyl (C=O) groups excluding carboxylic acids is 1. The van der Waals surface area contributed by atoms with Crippen LogP contribution in [0, 0.1) is 5.82 Å². The van der Waals surface area contributed by atoms with E-state index in [-0.39, 0.29) is 15.6 Å². The molecule has 0 aliphatic rings. The lowest BCUT2D eigenvalue weighted by Gasteiger charge is -2.28. The first-order valence-corrected chi connectivity index (χ1v) is 10.2. The molecular weight excluding hydrogens is 389 g/mol. The molecule has 0 fully saturated rings. The number of carbonyl (C=O) groups is 1. The molecule has 3 rings (SSSR count). The highest BCUT2D eigenvalue weighted by Gasteiger charge is 2.32. The monoisotopic (exact) mass is 405 g/mol. The number of halogens is 1. The van der Waals surface area contributed by atoms with E-state index < -0.39 is 27.8 Å². The molecule has 3 aromatic rings. The van der Waals surface area contributed by atoms with Crippen molar-refractivity contribution < 1.29 is 17.6 Å². The predicted octanol–water partition coefficient (Wildman–Crippen LogP) is 3.34. The first-order valence-electron chi connectivity index (χ1n) is 7.90. The predicted molar refractivity (Wildman–Crippen MR) is 102 cm³/mol. The molecular formula is C18H16FN3O3S2. The second-order valence-corrected chi connectivity index (χ2v) is 8.42. The van der Waals surface area contributed by atoms with Gasteiger partial charge >= 0.3 is 0 Å². The first kappa shape index (κ1) is 19.0. The van der Waals surface area contributed by atoms with Crippen LogP contribution < -0.4 is 10.0 Å². The van der Waals surface area contributed by atoms with Crippen LogP contribution in [0.1, 0.15) is 28.9 Å². The molecule has 2 N–H and O–H groups in total. The SMILES string of the molecule is CC(c1ccc(F)cc1)N(c1nccs1)S(=O)(=O)c1ccc(C(N)=O)cc1. The van der Waals surface area contributed by atoms with Crippen LogP contribution >= 0.6 is 11.3 Å².